The van der Waals surface area contributed by atoms with Gasteiger partial charge in [0.15, 0.2) is 0 Å². The molecule has 2 aliphatic rings. The van der Waals surface area contributed by atoms with Crippen LogP contribution in [-0.4, -0.2) is 6.16 Å². The number of hydrogen-bond acceptors (Lipinski definition) is 1. The molecular weight excluding hydrogens is 359 g/mol. The second-order valence-corrected chi connectivity index (χ2v) is 11.0. The third kappa shape index (κ3) is 2.30. The van der Waals surface area contributed by atoms with Crippen LogP contribution in [0.3, 0.4) is 0 Å². The molecule has 0 spiro atoms. The lowest BCUT2D eigenvalue weighted by Crippen LogP contribution is -2.20. The average molecular weight is 382 g/mol. The zero-order valence-electron chi connectivity index (χ0n) is 16.0. The first-order valence-corrected chi connectivity index (χ1v) is 11.7. The summed E-state index contributed by atoms with van der Waals surface area (Å²) in [5.41, 5.74) is 5.31. The largest absolute Gasteiger partial charge is 0.318 e. The van der Waals surface area contributed by atoms with E-state index in [0.717, 1.165) is 27.6 Å². The van der Waals surface area contributed by atoms with E-state index in [2.05, 4.69) is 62.0 Å². The standard InChI is InChI=1S/C26H23OP/c1-19-24(21-14-8-4-9-15-21)28(27)18-26(19,2)23(20-12-6-3-7-13-20)25(28)22-16-10-5-11-17-22/h3-17,24H,1,18H2,2H3. The topological polar surface area (TPSA) is 17.1 Å². The van der Waals surface area contributed by atoms with Gasteiger partial charge in [-0.25, -0.2) is 0 Å². The second-order valence-electron chi connectivity index (χ2n) is 8.08. The molecule has 2 heterocycles. The van der Waals surface area contributed by atoms with Crippen molar-refractivity contribution in [3.05, 3.63) is 120 Å². The lowest BCUT2D eigenvalue weighted by atomic mass is 9.72. The lowest BCUT2D eigenvalue weighted by Gasteiger charge is -2.34. The molecule has 5 rings (SSSR count). The Labute approximate surface area is 166 Å². The van der Waals surface area contributed by atoms with Crippen molar-refractivity contribution >= 4 is 18.0 Å². The highest BCUT2D eigenvalue weighted by Gasteiger charge is 2.62. The maximum Gasteiger partial charge on any atom is 0.128 e. The first-order chi connectivity index (χ1) is 13.6. The minimum absolute atomic E-state index is 0.0960. The highest BCUT2D eigenvalue weighted by Crippen LogP contribution is 2.87. The van der Waals surface area contributed by atoms with Crippen molar-refractivity contribution in [2.24, 2.45) is 5.41 Å². The summed E-state index contributed by atoms with van der Waals surface area (Å²) in [6.45, 7) is 6.75. The molecule has 0 amide bonds. The minimum atomic E-state index is -2.70. The van der Waals surface area contributed by atoms with Gasteiger partial charge in [-0.05, 0) is 22.3 Å². The van der Waals surface area contributed by atoms with Gasteiger partial charge in [0.2, 0.25) is 0 Å². The van der Waals surface area contributed by atoms with Gasteiger partial charge >= 0.3 is 0 Å². The summed E-state index contributed by atoms with van der Waals surface area (Å²) in [6.07, 6.45) is 0.673. The zero-order valence-corrected chi connectivity index (χ0v) is 16.9. The average Bonchev–Trinajstić information content (AvgIpc) is 3.10. The van der Waals surface area contributed by atoms with E-state index in [0.29, 0.717) is 6.16 Å². The third-order valence-electron chi connectivity index (χ3n) is 6.40. The van der Waals surface area contributed by atoms with E-state index in [1.165, 1.54) is 5.57 Å². The smallest absolute Gasteiger partial charge is 0.128 e. The fourth-order valence-corrected chi connectivity index (χ4v) is 9.89. The Bertz CT molecular complexity index is 1130. The number of rotatable bonds is 3. The molecule has 2 heteroatoms. The van der Waals surface area contributed by atoms with Gasteiger partial charge in [0.25, 0.3) is 0 Å². The van der Waals surface area contributed by atoms with Gasteiger partial charge in [-0.15, -0.1) is 0 Å². The Hall–Kier alpha value is -2.63. The molecule has 0 saturated carbocycles. The van der Waals surface area contributed by atoms with E-state index in [4.69, 9.17) is 0 Å². The summed E-state index contributed by atoms with van der Waals surface area (Å²) in [4.78, 5) is 0. The fraction of sp³-hybridized carbons (Fsp3) is 0.154. The van der Waals surface area contributed by atoms with Crippen LogP contribution in [0.5, 0.6) is 0 Å². The predicted molar refractivity (Wildman–Crippen MR) is 119 cm³/mol. The van der Waals surface area contributed by atoms with E-state index in [1.807, 2.05) is 42.5 Å². The van der Waals surface area contributed by atoms with Crippen molar-refractivity contribution in [2.75, 3.05) is 6.16 Å². The molecule has 3 aromatic carbocycles. The molecule has 28 heavy (non-hydrogen) atoms. The molecule has 2 bridgehead atoms. The molecule has 138 valence electrons. The normalized spacial score (nSPS) is 28.8. The Morgan fingerprint density at radius 1 is 0.821 bits per heavy atom. The van der Waals surface area contributed by atoms with E-state index in [-0.39, 0.29) is 11.1 Å². The SMILES string of the molecule is C=C1C(c2ccccc2)P2(=O)CC1(C)C(c1ccccc1)=C2c1ccccc1. The first kappa shape index (κ1) is 17.5. The Morgan fingerprint density at radius 2 is 1.32 bits per heavy atom. The quantitative estimate of drug-likeness (QED) is 0.344. The van der Waals surface area contributed by atoms with E-state index in [1.54, 1.807) is 0 Å². The molecule has 1 fully saturated rings. The monoisotopic (exact) mass is 382 g/mol. The Balaban J connectivity index is 1.83. The number of benzene rings is 3. The summed E-state index contributed by atoms with van der Waals surface area (Å²) in [5.74, 6) is 0. The molecule has 3 aromatic rings. The summed E-state index contributed by atoms with van der Waals surface area (Å²) >= 11 is 0. The van der Waals surface area contributed by atoms with Gasteiger partial charge in [0, 0.05) is 16.9 Å². The van der Waals surface area contributed by atoms with Crippen LogP contribution in [0.25, 0.3) is 10.9 Å². The van der Waals surface area contributed by atoms with Crippen LogP contribution in [0.15, 0.2) is 103 Å². The van der Waals surface area contributed by atoms with Crippen molar-refractivity contribution in [3.8, 4) is 0 Å². The molecule has 2 aliphatic heterocycles. The Morgan fingerprint density at radius 3 is 1.89 bits per heavy atom. The molecule has 3 unspecified atom stereocenters. The van der Waals surface area contributed by atoms with Gasteiger partial charge in [-0.1, -0.05) is 110 Å². The number of hydrogen-bond donors (Lipinski definition) is 0. The predicted octanol–water partition coefficient (Wildman–Crippen LogP) is 7.25. The summed E-state index contributed by atoms with van der Waals surface area (Å²) in [7, 11) is -2.70. The molecule has 0 aliphatic carbocycles. The van der Waals surface area contributed by atoms with Gasteiger partial charge in [-0.3, -0.25) is 0 Å². The highest BCUT2D eigenvalue weighted by atomic mass is 31.2. The molecule has 0 aromatic heterocycles. The van der Waals surface area contributed by atoms with Crippen LogP contribution < -0.4 is 0 Å². The number of allylic oxidation sites excluding steroid dienone is 2. The van der Waals surface area contributed by atoms with E-state index >= 15 is 0 Å². The minimum Gasteiger partial charge on any atom is -0.318 e. The number of fused-ring (bicyclic) bond motifs is 2. The summed E-state index contributed by atoms with van der Waals surface area (Å²) in [6, 6.07) is 31.0. The van der Waals surface area contributed by atoms with Crippen LogP contribution in [0.2, 0.25) is 0 Å². The van der Waals surface area contributed by atoms with Crippen LogP contribution in [-0.2, 0) is 4.57 Å². The molecule has 1 nitrogen and oxygen atoms in total. The van der Waals surface area contributed by atoms with Crippen LogP contribution in [0.1, 0.15) is 29.3 Å². The van der Waals surface area contributed by atoms with Gasteiger partial charge in [0.1, 0.15) is 7.14 Å². The zero-order chi connectivity index (χ0) is 19.4. The molecule has 0 radical (unpaired) electrons. The molecular formula is C26H23OP. The fourth-order valence-electron chi connectivity index (χ4n) is 5.21. The van der Waals surface area contributed by atoms with E-state index in [9.17, 15) is 4.57 Å². The molecule has 3 atom stereocenters. The Kier molecular flexibility index (Phi) is 3.86. The van der Waals surface area contributed by atoms with Crippen LogP contribution in [0.4, 0.5) is 0 Å². The van der Waals surface area contributed by atoms with Crippen LogP contribution >= 0.6 is 7.14 Å². The van der Waals surface area contributed by atoms with Crippen molar-refractivity contribution in [1.29, 1.82) is 0 Å². The van der Waals surface area contributed by atoms with E-state index < -0.39 is 7.14 Å². The van der Waals surface area contributed by atoms with Crippen molar-refractivity contribution < 1.29 is 4.57 Å². The van der Waals surface area contributed by atoms with Crippen molar-refractivity contribution in [2.45, 2.75) is 12.6 Å². The van der Waals surface area contributed by atoms with Crippen LogP contribution in [0, 0.1) is 5.41 Å². The second kappa shape index (κ2) is 6.19. The van der Waals surface area contributed by atoms with Gasteiger partial charge < -0.3 is 4.57 Å². The van der Waals surface area contributed by atoms with Gasteiger partial charge in [0.05, 0.1) is 5.66 Å². The summed E-state index contributed by atoms with van der Waals surface area (Å²) in [5, 5.41) is 1.06. The van der Waals surface area contributed by atoms with Crippen molar-refractivity contribution in [3.63, 3.8) is 0 Å². The van der Waals surface area contributed by atoms with Gasteiger partial charge in [-0.2, -0.15) is 0 Å². The first-order valence-electron chi connectivity index (χ1n) is 9.75. The maximum atomic E-state index is 14.8. The summed E-state index contributed by atoms with van der Waals surface area (Å²) < 4.78 is 14.8. The van der Waals surface area contributed by atoms with Crippen molar-refractivity contribution in [1.82, 2.24) is 0 Å². The third-order valence-corrected chi connectivity index (χ3v) is 10.2. The maximum absolute atomic E-state index is 14.8. The highest BCUT2D eigenvalue weighted by molar-refractivity contribution is 7.76. The molecule has 0 N–H and O–H groups in total. The lowest BCUT2D eigenvalue weighted by molar-refractivity contribution is 0.579. The molecule has 1 saturated heterocycles.